The summed E-state index contributed by atoms with van der Waals surface area (Å²) in [5, 5.41) is 0. The van der Waals surface area contributed by atoms with Crippen molar-refractivity contribution in [3.63, 3.8) is 0 Å². The molecule has 6 nitrogen and oxygen atoms in total. The smallest absolute Gasteiger partial charge is 0.248 e. The first kappa shape index (κ1) is 20.2. The number of benzene rings is 2. The van der Waals surface area contributed by atoms with Crippen molar-refractivity contribution in [3.8, 4) is 0 Å². The number of ketones is 1. The molecule has 2 heterocycles. The molecule has 2 aliphatic heterocycles. The van der Waals surface area contributed by atoms with E-state index in [-0.39, 0.29) is 29.0 Å². The number of allylic oxidation sites excluding steroid dienone is 1. The number of para-hydroxylation sites is 1. The summed E-state index contributed by atoms with van der Waals surface area (Å²) in [6, 6.07) is 14.7. The second-order valence-corrected chi connectivity index (χ2v) is 10.4. The lowest BCUT2D eigenvalue weighted by Gasteiger charge is -2.50. The largest absolute Gasteiger partial charge is 0.302 e. The molecule has 2 aromatic rings. The van der Waals surface area contributed by atoms with Crippen molar-refractivity contribution in [2.45, 2.75) is 43.7 Å². The fraction of sp³-hybridized carbons (Fsp3) is 0.333. The lowest BCUT2D eigenvalue weighted by atomic mass is 9.82. The zero-order valence-electron chi connectivity index (χ0n) is 17.5. The van der Waals surface area contributed by atoms with Gasteiger partial charge in [-0.3, -0.25) is 9.59 Å². The van der Waals surface area contributed by atoms with E-state index >= 15 is 0 Å². The average molecular weight is 437 g/mol. The zero-order valence-corrected chi connectivity index (χ0v) is 18.3. The van der Waals surface area contributed by atoms with Gasteiger partial charge in [-0.2, -0.15) is 4.31 Å². The van der Waals surface area contributed by atoms with Gasteiger partial charge in [0.15, 0.2) is 5.78 Å². The van der Waals surface area contributed by atoms with Crippen LogP contribution in [0.1, 0.15) is 25.3 Å². The van der Waals surface area contributed by atoms with Crippen LogP contribution in [0.15, 0.2) is 70.6 Å². The number of anilines is 1. The number of nitrogens with zero attached hydrogens (tertiary/aromatic N) is 2. The number of amides is 1. The maximum Gasteiger partial charge on any atom is 0.248 e. The van der Waals surface area contributed by atoms with Gasteiger partial charge in [0, 0.05) is 18.7 Å². The van der Waals surface area contributed by atoms with Gasteiger partial charge in [0.2, 0.25) is 15.9 Å². The first-order valence-corrected chi connectivity index (χ1v) is 11.9. The van der Waals surface area contributed by atoms with Gasteiger partial charge in [-0.25, -0.2) is 8.42 Å². The molecule has 0 N–H and O–H groups in total. The Morgan fingerprint density at radius 3 is 2.26 bits per heavy atom. The third-order valence-corrected chi connectivity index (χ3v) is 8.67. The molecule has 0 spiro atoms. The van der Waals surface area contributed by atoms with Gasteiger partial charge < -0.3 is 4.90 Å². The minimum Gasteiger partial charge on any atom is -0.302 e. The second kappa shape index (κ2) is 7.14. The molecular formula is C24H24N2O4S. The Labute approximate surface area is 182 Å². The molecule has 0 radical (unpaired) electrons. The summed E-state index contributed by atoms with van der Waals surface area (Å²) in [5.41, 5.74) is 3.31. The number of Topliss-reactive ketones (excluding diaryl/α,β-unsaturated/α-hetero) is 1. The van der Waals surface area contributed by atoms with Gasteiger partial charge in [0.25, 0.3) is 0 Å². The van der Waals surface area contributed by atoms with Crippen LogP contribution in [-0.2, 0) is 19.6 Å². The van der Waals surface area contributed by atoms with Gasteiger partial charge in [0.05, 0.1) is 10.9 Å². The van der Waals surface area contributed by atoms with Gasteiger partial charge in [-0.05, 0) is 61.6 Å². The molecule has 2 aromatic carbocycles. The van der Waals surface area contributed by atoms with E-state index < -0.39 is 22.1 Å². The monoisotopic (exact) mass is 436 g/mol. The minimum atomic E-state index is -3.86. The molecule has 3 atom stereocenters. The third kappa shape index (κ3) is 2.98. The van der Waals surface area contributed by atoms with Crippen LogP contribution >= 0.6 is 0 Å². The number of fused-ring (bicyclic) bond motifs is 3. The fourth-order valence-electron chi connectivity index (χ4n) is 5.15. The highest BCUT2D eigenvalue weighted by Gasteiger charge is 2.59. The summed E-state index contributed by atoms with van der Waals surface area (Å²) in [6.45, 7) is 3.93. The molecule has 0 bridgehead atoms. The molecule has 0 unspecified atom stereocenters. The van der Waals surface area contributed by atoms with Crippen molar-refractivity contribution < 1.29 is 18.0 Å². The van der Waals surface area contributed by atoms with Crippen LogP contribution < -0.4 is 4.90 Å². The van der Waals surface area contributed by atoms with E-state index in [9.17, 15) is 18.0 Å². The van der Waals surface area contributed by atoms with Gasteiger partial charge in [0.1, 0.15) is 6.04 Å². The van der Waals surface area contributed by atoms with Gasteiger partial charge >= 0.3 is 0 Å². The summed E-state index contributed by atoms with van der Waals surface area (Å²) < 4.78 is 28.5. The number of β-lactam (4-membered cyclic amide) rings is 1. The van der Waals surface area contributed by atoms with Crippen molar-refractivity contribution in [2.24, 2.45) is 5.92 Å². The van der Waals surface area contributed by atoms with E-state index in [4.69, 9.17) is 0 Å². The Balaban J connectivity index is 1.62. The molecule has 7 heteroatoms. The first-order valence-electron chi connectivity index (χ1n) is 10.5. The highest BCUT2D eigenvalue weighted by molar-refractivity contribution is 7.89. The van der Waals surface area contributed by atoms with Crippen LogP contribution in [0.3, 0.4) is 0 Å². The van der Waals surface area contributed by atoms with Gasteiger partial charge in [-0.15, -0.1) is 0 Å². The summed E-state index contributed by atoms with van der Waals surface area (Å²) in [5.74, 6) is -0.175. The topological polar surface area (TPSA) is 74.8 Å². The quantitative estimate of drug-likeness (QED) is 0.693. The van der Waals surface area contributed by atoms with Crippen molar-refractivity contribution >= 4 is 27.4 Å². The molecule has 160 valence electrons. The van der Waals surface area contributed by atoms with Gasteiger partial charge in [-0.1, -0.05) is 35.9 Å². The number of hydrogen-bond donors (Lipinski definition) is 0. The fourth-order valence-corrected chi connectivity index (χ4v) is 6.75. The summed E-state index contributed by atoms with van der Waals surface area (Å²) >= 11 is 0. The maximum atomic E-state index is 13.6. The standard InChI is InChI=1S/C24H24N2O4S/c1-15-8-10-19(11-9-15)31(29,30)25-13-12-17-14-20(27)16(2)21(17)22-23(25)24(28)26(22)18-6-4-3-5-7-18/h3-11,17,22-23H,12-14H2,1-2H3/t17-,22-,23+/m1/s1. The van der Waals surface area contributed by atoms with Crippen molar-refractivity contribution in [1.29, 1.82) is 0 Å². The molecule has 3 aliphatic rings. The van der Waals surface area contributed by atoms with E-state index in [1.807, 2.05) is 44.2 Å². The van der Waals surface area contributed by atoms with Crippen LogP contribution in [0.25, 0.3) is 0 Å². The minimum absolute atomic E-state index is 0.0301. The van der Waals surface area contributed by atoms with Crippen molar-refractivity contribution in [3.05, 3.63) is 71.3 Å². The first-order chi connectivity index (χ1) is 14.8. The third-order valence-electron chi connectivity index (χ3n) is 6.78. The molecular weight excluding hydrogens is 412 g/mol. The Bertz CT molecular complexity index is 1200. The van der Waals surface area contributed by atoms with E-state index in [1.54, 1.807) is 29.2 Å². The Morgan fingerprint density at radius 1 is 0.903 bits per heavy atom. The SMILES string of the molecule is CC1=C2[C@H](CCN(S(=O)(=O)c3ccc(C)cc3)[C@@H]3C(=O)N(c4ccccc4)[C@H]23)CC1=O. The van der Waals surface area contributed by atoms with Crippen LogP contribution in [0.2, 0.25) is 0 Å². The lowest BCUT2D eigenvalue weighted by Crippen LogP contribution is -2.72. The van der Waals surface area contributed by atoms with E-state index in [2.05, 4.69) is 0 Å². The van der Waals surface area contributed by atoms with E-state index in [1.165, 1.54) is 4.31 Å². The molecule has 0 aromatic heterocycles. The lowest BCUT2D eigenvalue weighted by molar-refractivity contribution is -0.128. The number of aryl methyl sites for hydroxylation is 1. The average Bonchev–Trinajstić information content (AvgIpc) is 2.93. The van der Waals surface area contributed by atoms with Crippen molar-refractivity contribution in [1.82, 2.24) is 4.31 Å². The molecule has 2 fully saturated rings. The Hall–Kier alpha value is -2.77. The summed E-state index contributed by atoms with van der Waals surface area (Å²) in [4.78, 5) is 27.7. The number of carbonyl (C=O) groups is 2. The van der Waals surface area contributed by atoms with Crippen LogP contribution in [0.4, 0.5) is 5.69 Å². The van der Waals surface area contributed by atoms with Crippen LogP contribution in [0, 0.1) is 12.8 Å². The summed E-state index contributed by atoms with van der Waals surface area (Å²) in [7, 11) is -3.86. The maximum absolute atomic E-state index is 13.6. The van der Waals surface area contributed by atoms with Crippen molar-refractivity contribution in [2.75, 3.05) is 11.4 Å². The van der Waals surface area contributed by atoms with Crippen LogP contribution in [-0.4, -0.2) is 43.0 Å². The predicted molar refractivity (Wildman–Crippen MR) is 117 cm³/mol. The Kier molecular flexibility index (Phi) is 4.64. The highest BCUT2D eigenvalue weighted by atomic mass is 32.2. The molecule has 1 amide bonds. The number of hydrogen-bond acceptors (Lipinski definition) is 4. The Morgan fingerprint density at radius 2 is 1.58 bits per heavy atom. The molecule has 31 heavy (non-hydrogen) atoms. The molecule has 0 saturated carbocycles. The number of sulfonamides is 1. The predicted octanol–water partition coefficient (Wildman–Crippen LogP) is 3.08. The highest BCUT2D eigenvalue weighted by Crippen LogP contribution is 2.47. The second-order valence-electron chi connectivity index (χ2n) is 8.56. The van der Waals surface area contributed by atoms with E-state index in [0.717, 1.165) is 16.8 Å². The number of carbonyl (C=O) groups excluding carboxylic acids is 2. The normalized spacial score (nSPS) is 26.4. The molecule has 2 saturated heterocycles. The molecule has 1 aliphatic carbocycles. The number of rotatable bonds is 3. The summed E-state index contributed by atoms with van der Waals surface area (Å²) in [6.07, 6.45) is 0.923. The van der Waals surface area contributed by atoms with E-state index in [0.29, 0.717) is 18.4 Å². The molecule has 5 rings (SSSR count). The zero-order chi connectivity index (χ0) is 21.9. The van der Waals surface area contributed by atoms with Crippen LogP contribution in [0.5, 0.6) is 0 Å².